The van der Waals surface area contributed by atoms with E-state index in [1.165, 1.54) is 6.08 Å². The van der Waals surface area contributed by atoms with E-state index in [9.17, 15) is 4.79 Å². The molecule has 1 aromatic heterocycles. The van der Waals surface area contributed by atoms with Gasteiger partial charge in [0, 0.05) is 18.2 Å². The first-order valence-electron chi connectivity index (χ1n) is 8.70. The third kappa shape index (κ3) is 4.32. The molecule has 0 saturated carbocycles. The lowest BCUT2D eigenvalue weighted by Crippen LogP contribution is -2.16. The molecule has 0 spiro atoms. The number of ether oxygens (including phenoxy) is 2. The summed E-state index contributed by atoms with van der Waals surface area (Å²) in [6.07, 6.45) is 4.74. The van der Waals surface area contributed by atoms with Crippen molar-refractivity contribution in [2.75, 3.05) is 18.5 Å². The average Bonchev–Trinajstić information content (AvgIpc) is 3.15. The average molecular weight is 397 g/mol. The normalized spacial score (nSPS) is 12.9. The minimum Gasteiger partial charge on any atom is -0.486 e. The van der Waals surface area contributed by atoms with Crippen LogP contribution in [-0.4, -0.2) is 34.1 Å². The van der Waals surface area contributed by atoms with Crippen LogP contribution in [0.3, 0.4) is 0 Å². The van der Waals surface area contributed by atoms with Crippen LogP contribution in [0.15, 0.2) is 54.7 Å². The Hall–Kier alpha value is -3.32. The number of hydrogen-bond donors (Lipinski definition) is 1. The van der Waals surface area contributed by atoms with E-state index in [0.29, 0.717) is 47.7 Å². The van der Waals surface area contributed by atoms with Crippen LogP contribution < -0.4 is 14.8 Å². The van der Waals surface area contributed by atoms with E-state index < -0.39 is 0 Å². The lowest BCUT2D eigenvalue weighted by atomic mass is 10.2. The van der Waals surface area contributed by atoms with Crippen molar-refractivity contribution in [2.24, 2.45) is 0 Å². The van der Waals surface area contributed by atoms with Gasteiger partial charge in [-0.2, -0.15) is 0 Å². The number of aromatic nitrogens is 3. The summed E-state index contributed by atoms with van der Waals surface area (Å²) >= 11 is 6.20. The molecule has 0 bridgehead atoms. The molecule has 0 atom stereocenters. The standard InChI is InChI=1S/C20H17ClN4O3/c21-16-10-18-19(28-9-8-27-18)11-17(16)22-20(26)7-6-15-13-25(24-23-15)12-14-4-2-1-3-5-14/h1-7,10-11,13H,8-9,12H2,(H,22,26)/b7-6-. The number of hydrogen-bond acceptors (Lipinski definition) is 5. The number of nitrogens with one attached hydrogen (secondary N) is 1. The van der Waals surface area contributed by atoms with Gasteiger partial charge in [0.1, 0.15) is 18.9 Å². The van der Waals surface area contributed by atoms with Crippen LogP contribution in [0, 0.1) is 0 Å². The van der Waals surface area contributed by atoms with Crippen molar-refractivity contribution in [3.8, 4) is 11.5 Å². The number of carbonyl (C=O) groups is 1. The van der Waals surface area contributed by atoms with Gasteiger partial charge in [-0.05, 0) is 11.6 Å². The van der Waals surface area contributed by atoms with Gasteiger partial charge in [-0.25, -0.2) is 4.68 Å². The number of nitrogens with zero attached hydrogens (tertiary/aromatic N) is 3. The van der Waals surface area contributed by atoms with Gasteiger partial charge in [0.15, 0.2) is 11.5 Å². The zero-order valence-corrected chi connectivity index (χ0v) is 15.6. The smallest absolute Gasteiger partial charge is 0.248 e. The Morgan fingerprint density at radius 3 is 2.71 bits per heavy atom. The molecule has 2 aromatic carbocycles. The third-order valence-electron chi connectivity index (χ3n) is 4.04. The molecule has 4 rings (SSSR count). The van der Waals surface area contributed by atoms with Crippen LogP contribution >= 0.6 is 11.6 Å². The predicted molar refractivity (Wildman–Crippen MR) is 106 cm³/mol. The minimum atomic E-state index is -0.337. The molecule has 1 N–H and O–H groups in total. The Kier molecular flexibility index (Phi) is 5.25. The topological polar surface area (TPSA) is 78.3 Å². The molecule has 0 unspecified atom stereocenters. The highest BCUT2D eigenvalue weighted by Crippen LogP contribution is 2.37. The van der Waals surface area contributed by atoms with Crippen LogP contribution in [0.5, 0.6) is 11.5 Å². The maximum Gasteiger partial charge on any atom is 0.248 e. The highest BCUT2D eigenvalue weighted by molar-refractivity contribution is 6.34. The second kappa shape index (κ2) is 8.14. The molecule has 0 aliphatic carbocycles. The maximum atomic E-state index is 12.2. The van der Waals surface area contributed by atoms with Gasteiger partial charge in [0.05, 0.1) is 23.5 Å². The summed E-state index contributed by atoms with van der Waals surface area (Å²) < 4.78 is 12.7. The van der Waals surface area contributed by atoms with E-state index in [0.717, 1.165) is 5.56 Å². The molecule has 1 aliphatic heterocycles. The first-order valence-corrected chi connectivity index (χ1v) is 9.07. The monoisotopic (exact) mass is 396 g/mol. The molecule has 28 heavy (non-hydrogen) atoms. The number of halogens is 1. The Labute approximate surface area is 166 Å². The van der Waals surface area contributed by atoms with Gasteiger partial charge in [-0.3, -0.25) is 4.79 Å². The summed E-state index contributed by atoms with van der Waals surface area (Å²) in [5.74, 6) is 0.787. The highest BCUT2D eigenvalue weighted by Gasteiger charge is 2.15. The van der Waals surface area contributed by atoms with Crippen LogP contribution in [-0.2, 0) is 11.3 Å². The van der Waals surface area contributed by atoms with Crippen molar-refractivity contribution in [3.05, 3.63) is 71.0 Å². The molecule has 2 heterocycles. The fraction of sp³-hybridized carbons (Fsp3) is 0.150. The quantitative estimate of drug-likeness (QED) is 0.669. The Morgan fingerprint density at radius 1 is 1.18 bits per heavy atom. The summed E-state index contributed by atoms with van der Waals surface area (Å²) in [4.78, 5) is 12.2. The van der Waals surface area contributed by atoms with Gasteiger partial charge in [-0.15, -0.1) is 5.10 Å². The second-order valence-electron chi connectivity index (χ2n) is 6.12. The van der Waals surface area contributed by atoms with Crippen molar-refractivity contribution in [3.63, 3.8) is 0 Å². The van der Waals surface area contributed by atoms with Crippen LogP contribution in [0.1, 0.15) is 11.3 Å². The molecule has 7 nitrogen and oxygen atoms in total. The van der Waals surface area contributed by atoms with Gasteiger partial charge >= 0.3 is 0 Å². The molecule has 142 valence electrons. The number of anilines is 1. The lowest BCUT2D eigenvalue weighted by molar-refractivity contribution is -0.111. The zero-order valence-electron chi connectivity index (χ0n) is 14.8. The number of fused-ring (bicyclic) bond motifs is 1. The first-order chi connectivity index (χ1) is 13.7. The van der Waals surface area contributed by atoms with Crippen LogP contribution in [0.2, 0.25) is 5.02 Å². The second-order valence-corrected chi connectivity index (χ2v) is 6.53. The van der Waals surface area contributed by atoms with Crippen molar-refractivity contribution in [2.45, 2.75) is 6.54 Å². The molecule has 0 saturated heterocycles. The van der Waals surface area contributed by atoms with Crippen molar-refractivity contribution in [1.82, 2.24) is 15.0 Å². The minimum absolute atomic E-state index is 0.337. The molecule has 1 aliphatic rings. The molecule has 0 fully saturated rings. The van der Waals surface area contributed by atoms with Gasteiger partial charge in [0.25, 0.3) is 0 Å². The number of carbonyl (C=O) groups excluding carboxylic acids is 1. The molecular formula is C20H17ClN4O3. The molecule has 1 amide bonds. The van der Waals surface area contributed by atoms with Crippen molar-refractivity contribution in [1.29, 1.82) is 0 Å². The van der Waals surface area contributed by atoms with Crippen LogP contribution in [0.4, 0.5) is 5.69 Å². The van der Waals surface area contributed by atoms with E-state index in [-0.39, 0.29) is 5.91 Å². The molecule has 0 radical (unpaired) electrons. The maximum absolute atomic E-state index is 12.2. The first kappa shape index (κ1) is 18.1. The summed E-state index contributed by atoms with van der Waals surface area (Å²) in [6, 6.07) is 13.2. The number of rotatable bonds is 5. The van der Waals surface area contributed by atoms with Crippen molar-refractivity contribution >= 4 is 29.3 Å². The van der Waals surface area contributed by atoms with Crippen molar-refractivity contribution < 1.29 is 14.3 Å². The lowest BCUT2D eigenvalue weighted by Gasteiger charge is -2.19. The van der Waals surface area contributed by atoms with E-state index in [1.807, 2.05) is 30.3 Å². The molecule has 3 aromatic rings. The number of amides is 1. The Balaban J connectivity index is 1.39. The summed E-state index contributed by atoms with van der Waals surface area (Å²) in [5.41, 5.74) is 2.15. The van der Waals surface area contributed by atoms with Gasteiger partial charge < -0.3 is 14.8 Å². The Bertz CT molecular complexity index is 1020. The highest BCUT2D eigenvalue weighted by atomic mass is 35.5. The van der Waals surface area contributed by atoms with E-state index in [2.05, 4.69) is 15.6 Å². The fourth-order valence-electron chi connectivity index (χ4n) is 2.73. The SMILES string of the molecule is O=C(/C=C\c1cn(Cc2ccccc2)nn1)Nc1cc2c(cc1Cl)OCCO2. The third-order valence-corrected chi connectivity index (χ3v) is 4.35. The van der Waals surface area contributed by atoms with Gasteiger partial charge in [0.2, 0.25) is 5.91 Å². The summed E-state index contributed by atoms with van der Waals surface area (Å²) in [5, 5.41) is 11.2. The molecule has 8 heteroatoms. The predicted octanol–water partition coefficient (Wildman–Crippen LogP) is 3.40. The molecular weight excluding hydrogens is 380 g/mol. The van der Waals surface area contributed by atoms with Gasteiger partial charge in [-0.1, -0.05) is 47.1 Å². The largest absolute Gasteiger partial charge is 0.486 e. The Morgan fingerprint density at radius 2 is 1.93 bits per heavy atom. The summed E-state index contributed by atoms with van der Waals surface area (Å²) in [6.45, 7) is 1.55. The zero-order chi connectivity index (χ0) is 19.3. The number of benzene rings is 2. The van der Waals surface area contributed by atoms with E-state index >= 15 is 0 Å². The van der Waals surface area contributed by atoms with E-state index in [1.54, 1.807) is 29.1 Å². The van der Waals surface area contributed by atoms with E-state index in [4.69, 9.17) is 21.1 Å². The fourth-order valence-corrected chi connectivity index (χ4v) is 2.93. The van der Waals surface area contributed by atoms with Crippen LogP contribution in [0.25, 0.3) is 6.08 Å². The summed E-state index contributed by atoms with van der Waals surface area (Å²) in [7, 11) is 0.